The molecule has 0 saturated carbocycles. The summed E-state index contributed by atoms with van der Waals surface area (Å²) in [7, 11) is 0. The van der Waals surface area contributed by atoms with Gasteiger partial charge < -0.3 is 5.11 Å². The van der Waals surface area contributed by atoms with Crippen molar-refractivity contribution >= 4 is 17.3 Å². The molecule has 2 heterocycles. The van der Waals surface area contributed by atoms with Crippen molar-refractivity contribution in [1.29, 1.82) is 0 Å². The second-order valence-electron chi connectivity index (χ2n) is 5.31. The average molecular weight is 306 g/mol. The van der Waals surface area contributed by atoms with Crippen molar-refractivity contribution in [2.24, 2.45) is 5.92 Å². The molecule has 0 aliphatic rings. The Balaban J connectivity index is 2.45. The van der Waals surface area contributed by atoms with E-state index in [0.29, 0.717) is 18.0 Å². The number of aromatic nitrogens is 2. The number of hydrogen-bond acceptors (Lipinski definition) is 4. The van der Waals surface area contributed by atoms with E-state index in [0.717, 1.165) is 10.6 Å². The molecule has 112 valence electrons. The second-order valence-corrected chi connectivity index (χ2v) is 6.25. The largest absolute Gasteiger partial charge is 0.481 e. The molecule has 0 amide bonds. The van der Waals surface area contributed by atoms with Gasteiger partial charge in [-0.1, -0.05) is 19.9 Å². The van der Waals surface area contributed by atoms with Crippen molar-refractivity contribution in [1.82, 2.24) is 9.78 Å². The van der Waals surface area contributed by atoms with Crippen LogP contribution >= 0.6 is 11.3 Å². The Hall–Kier alpha value is -1.95. The predicted octanol–water partition coefficient (Wildman–Crippen LogP) is 2.64. The van der Waals surface area contributed by atoms with E-state index in [4.69, 9.17) is 5.11 Å². The molecule has 2 rings (SSSR count). The van der Waals surface area contributed by atoms with E-state index in [-0.39, 0.29) is 18.4 Å². The third-order valence-corrected chi connectivity index (χ3v) is 3.86. The lowest BCUT2D eigenvalue weighted by Gasteiger charge is -2.11. The number of rotatable bonds is 6. The highest BCUT2D eigenvalue weighted by molar-refractivity contribution is 7.13. The van der Waals surface area contributed by atoms with Crippen LogP contribution in [0.4, 0.5) is 0 Å². The molecule has 0 radical (unpaired) electrons. The molecule has 0 aromatic carbocycles. The molecule has 0 saturated heterocycles. The van der Waals surface area contributed by atoms with Crippen molar-refractivity contribution in [2.45, 2.75) is 33.2 Å². The number of aliphatic carboxylic acids is 1. The van der Waals surface area contributed by atoms with Crippen LogP contribution in [-0.2, 0) is 17.8 Å². The fraction of sp³-hybridized carbons (Fsp3) is 0.400. The first-order valence-electron chi connectivity index (χ1n) is 6.84. The Bertz CT molecular complexity index is 675. The Morgan fingerprint density at radius 3 is 2.81 bits per heavy atom. The van der Waals surface area contributed by atoms with Gasteiger partial charge in [0.2, 0.25) is 0 Å². The van der Waals surface area contributed by atoms with Crippen LogP contribution in [0.2, 0.25) is 0 Å². The van der Waals surface area contributed by atoms with Crippen LogP contribution < -0.4 is 5.56 Å². The average Bonchev–Trinajstić information content (AvgIpc) is 2.93. The Morgan fingerprint density at radius 1 is 1.48 bits per heavy atom. The lowest BCUT2D eigenvalue weighted by Crippen LogP contribution is -2.28. The number of hydrogen-bond donors (Lipinski definition) is 1. The molecule has 0 unspecified atom stereocenters. The Labute approximate surface area is 126 Å². The molecule has 0 fully saturated rings. The van der Waals surface area contributed by atoms with Crippen LogP contribution in [-0.4, -0.2) is 20.9 Å². The van der Waals surface area contributed by atoms with Crippen molar-refractivity contribution < 1.29 is 9.90 Å². The fourth-order valence-corrected chi connectivity index (χ4v) is 2.71. The summed E-state index contributed by atoms with van der Waals surface area (Å²) in [6.07, 6.45) is 0.179. The maximum Gasteiger partial charge on any atom is 0.303 e. The second kappa shape index (κ2) is 6.67. The molecule has 6 heteroatoms. The topological polar surface area (TPSA) is 72.2 Å². The molecule has 1 N–H and O–H groups in total. The minimum atomic E-state index is -0.903. The number of aryl methyl sites for hydroxylation is 1. The summed E-state index contributed by atoms with van der Waals surface area (Å²) in [5, 5.41) is 15.2. The lowest BCUT2D eigenvalue weighted by molar-refractivity contribution is -0.136. The normalized spacial score (nSPS) is 11.0. The van der Waals surface area contributed by atoms with E-state index in [1.807, 2.05) is 31.4 Å². The smallest absolute Gasteiger partial charge is 0.303 e. The molecule has 0 bridgehead atoms. The maximum atomic E-state index is 12.3. The van der Waals surface area contributed by atoms with Crippen LogP contribution in [0, 0.1) is 5.92 Å². The van der Waals surface area contributed by atoms with Crippen LogP contribution in [0.1, 0.15) is 25.8 Å². The van der Waals surface area contributed by atoms with Gasteiger partial charge in [-0.2, -0.15) is 5.10 Å². The minimum Gasteiger partial charge on any atom is -0.481 e. The standard InChI is InChI=1S/C15H18N2O3S/c1-10(2)9-17-15(20)11(5-6-14(18)19)8-12(16-17)13-4-3-7-21-13/h3-4,7-8,10H,5-6,9H2,1-2H3,(H,18,19). The van der Waals surface area contributed by atoms with E-state index in [2.05, 4.69) is 5.10 Å². The van der Waals surface area contributed by atoms with Gasteiger partial charge in [0.15, 0.2) is 0 Å². The quantitative estimate of drug-likeness (QED) is 0.890. The highest BCUT2D eigenvalue weighted by Crippen LogP contribution is 2.22. The van der Waals surface area contributed by atoms with Gasteiger partial charge >= 0.3 is 5.97 Å². The third-order valence-electron chi connectivity index (χ3n) is 2.97. The molecular weight excluding hydrogens is 288 g/mol. The van der Waals surface area contributed by atoms with Gasteiger partial charge in [-0.15, -0.1) is 11.3 Å². The van der Waals surface area contributed by atoms with Gasteiger partial charge in [0, 0.05) is 18.5 Å². The van der Waals surface area contributed by atoms with E-state index in [9.17, 15) is 9.59 Å². The van der Waals surface area contributed by atoms with Crippen LogP contribution in [0.25, 0.3) is 10.6 Å². The highest BCUT2D eigenvalue weighted by atomic mass is 32.1. The zero-order chi connectivity index (χ0) is 15.4. The third kappa shape index (κ3) is 4.01. The van der Waals surface area contributed by atoms with Crippen LogP contribution in [0.5, 0.6) is 0 Å². The van der Waals surface area contributed by atoms with Crippen molar-refractivity contribution in [3.63, 3.8) is 0 Å². The summed E-state index contributed by atoms with van der Waals surface area (Å²) in [6.45, 7) is 4.56. The van der Waals surface area contributed by atoms with Gasteiger partial charge in [0.25, 0.3) is 5.56 Å². The number of thiophene rings is 1. The van der Waals surface area contributed by atoms with E-state index >= 15 is 0 Å². The molecule has 0 aliphatic carbocycles. The number of carbonyl (C=O) groups is 1. The SMILES string of the molecule is CC(C)Cn1nc(-c2cccs2)cc(CCC(=O)O)c1=O. The zero-order valence-electron chi connectivity index (χ0n) is 12.1. The van der Waals surface area contributed by atoms with Gasteiger partial charge in [0.05, 0.1) is 4.88 Å². The van der Waals surface area contributed by atoms with Crippen LogP contribution in [0.15, 0.2) is 28.4 Å². The summed E-state index contributed by atoms with van der Waals surface area (Å²) in [6, 6.07) is 5.59. The van der Waals surface area contributed by atoms with Gasteiger partial charge in [-0.3, -0.25) is 9.59 Å². The van der Waals surface area contributed by atoms with Crippen molar-refractivity contribution in [3.05, 3.63) is 39.5 Å². The summed E-state index contributed by atoms with van der Waals surface area (Å²) in [5.74, 6) is -0.611. The first kappa shape index (κ1) is 15.4. The number of carboxylic acids is 1. The maximum absolute atomic E-state index is 12.3. The predicted molar refractivity (Wildman–Crippen MR) is 82.6 cm³/mol. The molecule has 21 heavy (non-hydrogen) atoms. The van der Waals surface area contributed by atoms with Gasteiger partial charge in [-0.25, -0.2) is 4.68 Å². The van der Waals surface area contributed by atoms with Crippen molar-refractivity contribution in [3.8, 4) is 10.6 Å². The number of nitrogens with zero attached hydrogens (tertiary/aromatic N) is 2. The van der Waals surface area contributed by atoms with E-state index < -0.39 is 5.97 Å². The summed E-state index contributed by atoms with van der Waals surface area (Å²) < 4.78 is 1.46. The summed E-state index contributed by atoms with van der Waals surface area (Å²) >= 11 is 1.55. The van der Waals surface area contributed by atoms with E-state index in [1.54, 1.807) is 17.4 Å². The molecule has 0 spiro atoms. The zero-order valence-corrected chi connectivity index (χ0v) is 12.9. The highest BCUT2D eigenvalue weighted by Gasteiger charge is 2.12. The Morgan fingerprint density at radius 2 is 2.24 bits per heavy atom. The fourth-order valence-electron chi connectivity index (χ4n) is 2.03. The first-order valence-corrected chi connectivity index (χ1v) is 7.72. The summed E-state index contributed by atoms with van der Waals surface area (Å²) in [5.41, 5.74) is 1.05. The monoisotopic (exact) mass is 306 g/mol. The summed E-state index contributed by atoms with van der Waals surface area (Å²) in [4.78, 5) is 24.1. The lowest BCUT2D eigenvalue weighted by atomic mass is 10.1. The molecular formula is C15H18N2O3S. The first-order chi connectivity index (χ1) is 9.97. The molecule has 0 atom stereocenters. The minimum absolute atomic E-state index is 0.0508. The van der Waals surface area contributed by atoms with Crippen molar-refractivity contribution in [2.75, 3.05) is 0 Å². The van der Waals surface area contributed by atoms with E-state index in [1.165, 1.54) is 4.68 Å². The van der Waals surface area contributed by atoms with Gasteiger partial charge in [-0.05, 0) is 29.9 Å². The number of carboxylic acid groups (broad SMARTS) is 1. The van der Waals surface area contributed by atoms with Gasteiger partial charge in [0.1, 0.15) is 5.69 Å². The molecule has 2 aromatic heterocycles. The molecule has 2 aromatic rings. The van der Waals surface area contributed by atoms with Crippen LogP contribution in [0.3, 0.4) is 0 Å². The molecule has 5 nitrogen and oxygen atoms in total. The Kier molecular flexibility index (Phi) is 4.90. The molecule has 0 aliphatic heterocycles.